The molecular weight excluding hydrogens is 542 g/mol. The molecule has 0 bridgehead atoms. The summed E-state index contributed by atoms with van der Waals surface area (Å²) in [5, 5.41) is 14.9. The van der Waals surface area contributed by atoms with Crippen LogP contribution in [0.3, 0.4) is 0 Å². The van der Waals surface area contributed by atoms with Crippen molar-refractivity contribution < 1.29 is 14.7 Å². The highest BCUT2D eigenvalue weighted by Crippen LogP contribution is 2.76. The Labute approximate surface area is 258 Å². The molecule has 5 heteroatoms. The van der Waals surface area contributed by atoms with Crippen molar-refractivity contribution >= 4 is 23.3 Å². The van der Waals surface area contributed by atoms with E-state index in [4.69, 9.17) is 11.6 Å². The molecule has 0 radical (unpaired) electrons. The number of amides is 1. The summed E-state index contributed by atoms with van der Waals surface area (Å²) in [6.07, 6.45) is 8.28. The summed E-state index contributed by atoms with van der Waals surface area (Å²) in [6, 6.07) is 7.65. The molecule has 1 amide bonds. The van der Waals surface area contributed by atoms with Gasteiger partial charge >= 0.3 is 0 Å². The molecule has 6 rings (SSSR count). The molecule has 4 saturated carbocycles. The monoisotopic (exact) mass is 593 g/mol. The first-order valence-corrected chi connectivity index (χ1v) is 17.0. The van der Waals surface area contributed by atoms with Gasteiger partial charge in [0.15, 0.2) is 5.78 Å². The summed E-state index contributed by atoms with van der Waals surface area (Å²) in [7, 11) is 0. The van der Waals surface area contributed by atoms with Gasteiger partial charge in [0.05, 0.1) is 11.5 Å². The van der Waals surface area contributed by atoms with Crippen molar-refractivity contribution in [3.8, 4) is 0 Å². The minimum Gasteiger partial charge on any atom is -0.393 e. The number of aliphatic hydroxyl groups is 1. The van der Waals surface area contributed by atoms with Crippen molar-refractivity contribution in [3.05, 3.63) is 46.0 Å². The second-order valence-corrected chi connectivity index (χ2v) is 16.9. The van der Waals surface area contributed by atoms with Crippen LogP contribution in [0.1, 0.15) is 112 Å². The quantitative estimate of drug-likeness (QED) is 0.369. The molecule has 4 nitrogen and oxygen atoms in total. The number of fused-ring (bicyclic) bond motifs is 7. The number of benzene rings is 1. The summed E-state index contributed by atoms with van der Waals surface area (Å²) >= 11 is 6.23. The number of hydrogen-bond donors (Lipinski definition) is 2. The van der Waals surface area contributed by atoms with Crippen molar-refractivity contribution in [1.29, 1.82) is 0 Å². The van der Waals surface area contributed by atoms with E-state index in [9.17, 15) is 14.7 Å². The Hall–Kier alpha value is -1.65. The van der Waals surface area contributed by atoms with Crippen LogP contribution in [0.25, 0.3) is 0 Å². The number of nitrogens with one attached hydrogen (secondary N) is 1. The second-order valence-electron chi connectivity index (χ2n) is 16.5. The lowest BCUT2D eigenvalue weighted by Gasteiger charge is -2.72. The average molecular weight is 594 g/mol. The van der Waals surface area contributed by atoms with E-state index in [-0.39, 0.29) is 51.3 Å². The maximum absolute atomic E-state index is 14.3. The van der Waals surface area contributed by atoms with Crippen LogP contribution >= 0.6 is 11.6 Å². The molecule has 230 valence electrons. The molecule has 5 aliphatic carbocycles. The number of halogens is 1. The van der Waals surface area contributed by atoms with Gasteiger partial charge in [-0.1, -0.05) is 72.2 Å². The predicted molar refractivity (Wildman–Crippen MR) is 169 cm³/mol. The van der Waals surface area contributed by atoms with Gasteiger partial charge in [0.1, 0.15) is 0 Å². The maximum Gasteiger partial charge on any atom is 0.231 e. The smallest absolute Gasteiger partial charge is 0.231 e. The molecule has 1 aromatic carbocycles. The van der Waals surface area contributed by atoms with Crippen LogP contribution in [-0.2, 0) is 16.1 Å². The van der Waals surface area contributed by atoms with Gasteiger partial charge in [-0.3, -0.25) is 9.59 Å². The van der Waals surface area contributed by atoms with Crippen molar-refractivity contribution in [2.75, 3.05) is 0 Å². The van der Waals surface area contributed by atoms with Gasteiger partial charge in [-0.25, -0.2) is 0 Å². The van der Waals surface area contributed by atoms with Crippen LogP contribution in [0.4, 0.5) is 0 Å². The molecule has 4 fully saturated rings. The van der Waals surface area contributed by atoms with E-state index in [1.54, 1.807) is 0 Å². The predicted octanol–water partition coefficient (Wildman–Crippen LogP) is 8.30. The Morgan fingerprint density at radius 1 is 0.976 bits per heavy atom. The average Bonchev–Trinajstić information content (AvgIpc) is 3.23. The topological polar surface area (TPSA) is 66.4 Å². The molecule has 0 aromatic heterocycles. The zero-order valence-corrected chi connectivity index (χ0v) is 27.7. The number of ketones is 1. The maximum atomic E-state index is 14.3. The van der Waals surface area contributed by atoms with Crippen molar-refractivity contribution in [2.45, 2.75) is 119 Å². The Morgan fingerprint density at radius 3 is 2.40 bits per heavy atom. The van der Waals surface area contributed by atoms with Crippen LogP contribution in [0, 0.1) is 50.7 Å². The van der Waals surface area contributed by atoms with Crippen LogP contribution in [0.15, 0.2) is 35.4 Å². The molecule has 0 spiro atoms. The molecular formula is C37H52ClNO3. The number of hydrogen-bond acceptors (Lipinski definition) is 3. The summed E-state index contributed by atoms with van der Waals surface area (Å²) in [6.45, 7) is 16.9. The lowest BCUT2D eigenvalue weighted by molar-refractivity contribution is -0.228. The number of carbonyl (C=O) groups is 2. The van der Waals surface area contributed by atoms with Gasteiger partial charge in [0.25, 0.3) is 0 Å². The fraction of sp³-hybridized carbons (Fsp3) is 0.730. The molecule has 2 N–H and O–H groups in total. The molecule has 0 unspecified atom stereocenters. The van der Waals surface area contributed by atoms with Crippen LogP contribution in [0.5, 0.6) is 0 Å². The Morgan fingerprint density at radius 2 is 1.71 bits per heavy atom. The highest BCUT2D eigenvalue weighted by atomic mass is 35.5. The van der Waals surface area contributed by atoms with Gasteiger partial charge in [-0.05, 0) is 126 Å². The normalized spacial score (nSPS) is 42.5. The van der Waals surface area contributed by atoms with E-state index in [0.29, 0.717) is 29.8 Å². The minimum atomic E-state index is -0.735. The van der Waals surface area contributed by atoms with E-state index in [0.717, 1.165) is 62.5 Å². The zero-order valence-electron chi connectivity index (χ0n) is 26.9. The lowest BCUT2D eigenvalue weighted by Crippen LogP contribution is -2.66. The van der Waals surface area contributed by atoms with E-state index < -0.39 is 5.41 Å². The third-order valence-corrected chi connectivity index (χ3v) is 14.4. The first-order valence-electron chi connectivity index (χ1n) is 16.6. The van der Waals surface area contributed by atoms with Gasteiger partial charge in [0.2, 0.25) is 5.91 Å². The second kappa shape index (κ2) is 9.93. The van der Waals surface area contributed by atoms with Crippen LogP contribution in [0.2, 0.25) is 5.02 Å². The third kappa shape index (κ3) is 4.02. The molecule has 0 heterocycles. The van der Waals surface area contributed by atoms with E-state index in [2.05, 4.69) is 53.8 Å². The molecule has 0 saturated heterocycles. The van der Waals surface area contributed by atoms with Crippen LogP contribution < -0.4 is 5.32 Å². The Balaban J connectivity index is 1.38. The first-order chi connectivity index (χ1) is 19.6. The van der Waals surface area contributed by atoms with Gasteiger partial charge in [-0.2, -0.15) is 0 Å². The van der Waals surface area contributed by atoms with Gasteiger partial charge in [-0.15, -0.1) is 0 Å². The van der Waals surface area contributed by atoms with Crippen molar-refractivity contribution in [2.24, 2.45) is 50.7 Å². The minimum absolute atomic E-state index is 0.0227. The standard InChI is InChI=1S/C37H52ClNO3/c1-22(2)30-26(40)20-37(32(42)39-21-23-9-8-10-24(38)19-23)18-17-35(6)25(31(30)37)11-12-28-34(5)15-14-29(41)33(3,4)27(34)13-16-36(28,35)7/h8-10,19,22,25,27-29,41H,11-18,20-21H2,1-7H3,(H,39,42)/t25-,27+,28-,29+,34+,35-,36-,37-/m1/s1. The SMILES string of the molecule is CC(C)C1=C2[C@H]3CC[C@@H]4[C@@]5(C)CC[C@H](O)C(C)(C)[C@@H]5CC[C@@]4(C)[C@]3(C)CC[C@@]2(C(=O)NCc2cccc(Cl)c2)CC1=O. The third-order valence-electron chi connectivity index (χ3n) is 14.2. The zero-order chi connectivity index (χ0) is 30.5. The molecule has 0 aliphatic heterocycles. The number of allylic oxidation sites excluding steroid dienone is 1. The van der Waals surface area contributed by atoms with Gasteiger partial charge < -0.3 is 10.4 Å². The fourth-order valence-corrected chi connectivity index (χ4v) is 12.1. The van der Waals surface area contributed by atoms with Crippen molar-refractivity contribution in [3.63, 3.8) is 0 Å². The molecule has 8 atom stereocenters. The molecule has 5 aliphatic rings. The summed E-state index contributed by atoms with van der Waals surface area (Å²) in [5.41, 5.74) is 2.68. The lowest BCUT2D eigenvalue weighted by atomic mass is 9.33. The van der Waals surface area contributed by atoms with E-state index >= 15 is 0 Å². The van der Waals surface area contributed by atoms with Crippen LogP contribution in [-0.4, -0.2) is 22.9 Å². The molecule has 1 aromatic rings. The van der Waals surface area contributed by atoms with E-state index in [1.165, 1.54) is 5.57 Å². The summed E-state index contributed by atoms with van der Waals surface area (Å²) in [5.74, 6) is 1.67. The Bertz CT molecular complexity index is 1330. The van der Waals surface area contributed by atoms with Gasteiger partial charge in [0, 0.05) is 18.0 Å². The Kier molecular flexibility index (Phi) is 7.18. The number of rotatable bonds is 4. The summed E-state index contributed by atoms with van der Waals surface area (Å²) in [4.78, 5) is 28.1. The largest absolute Gasteiger partial charge is 0.393 e. The fourth-order valence-electron chi connectivity index (χ4n) is 11.9. The highest BCUT2D eigenvalue weighted by molar-refractivity contribution is 6.30. The summed E-state index contributed by atoms with van der Waals surface area (Å²) < 4.78 is 0. The number of carbonyl (C=O) groups excluding carboxylic acids is 2. The number of Topliss-reactive ketones (excluding diaryl/α,β-unsaturated/α-hetero) is 1. The first kappa shape index (κ1) is 30.4. The number of aliphatic hydroxyl groups excluding tert-OH is 1. The van der Waals surface area contributed by atoms with E-state index in [1.807, 2.05) is 24.3 Å². The van der Waals surface area contributed by atoms with Crippen molar-refractivity contribution in [1.82, 2.24) is 5.32 Å². The highest BCUT2D eigenvalue weighted by Gasteiger charge is 2.70. The molecule has 42 heavy (non-hydrogen) atoms.